The molecule has 0 atom stereocenters. The molecule has 0 spiro atoms. The molecule has 0 fully saturated rings. The van der Waals surface area contributed by atoms with Gasteiger partial charge in [0.1, 0.15) is 24.3 Å². The summed E-state index contributed by atoms with van der Waals surface area (Å²) in [6, 6.07) is 13.2. The van der Waals surface area contributed by atoms with Gasteiger partial charge in [0.25, 0.3) is 0 Å². The Balaban J connectivity index is 3.27. The van der Waals surface area contributed by atoms with Gasteiger partial charge in [-0.1, -0.05) is 38.8 Å². The van der Waals surface area contributed by atoms with E-state index in [4.69, 9.17) is 0 Å². The van der Waals surface area contributed by atoms with Crippen LogP contribution in [-0.4, -0.2) is 80.5 Å². The lowest BCUT2D eigenvalue weighted by molar-refractivity contribution is 0.340. The van der Waals surface area contributed by atoms with E-state index in [1.165, 1.54) is 32.0 Å². The monoisotopic (exact) mass is 766 g/mol. The maximum atomic E-state index is 12.0. The molecule has 0 unspecified atom stereocenters. The van der Waals surface area contributed by atoms with Crippen molar-refractivity contribution < 1.29 is 50.8 Å². The Bertz CT molecular complexity index is 2270. The van der Waals surface area contributed by atoms with Crippen LogP contribution in [0.4, 0.5) is 0 Å². The second kappa shape index (κ2) is 16.5. The van der Waals surface area contributed by atoms with Gasteiger partial charge in [0.2, 0.25) is 0 Å². The Morgan fingerprint density at radius 2 is 0.920 bits per heavy atom. The van der Waals surface area contributed by atoms with Crippen molar-refractivity contribution in [3.8, 4) is 35.4 Å². The Morgan fingerprint density at radius 1 is 0.580 bits per heavy atom. The zero-order valence-electron chi connectivity index (χ0n) is 26.0. The van der Waals surface area contributed by atoms with E-state index in [0.29, 0.717) is 12.5 Å². The molecule has 0 aliphatic heterocycles. The quantitative estimate of drug-likeness (QED) is 0.180. The first kappa shape index (κ1) is 40.3. The molecule has 0 amide bonds. The summed E-state index contributed by atoms with van der Waals surface area (Å²) in [4.78, 5) is 0. The zero-order chi connectivity index (χ0) is 37.9. The van der Waals surface area contributed by atoms with Crippen LogP contribution >= 0.6 is 0 Å². The molecule has 20 nitrogen and oxygen atoms in total. The number of hydrogen-bond acceptors (Lipinski definition) is 20. The molecule has 24 heteroatoms. The number of nitrogens with zero attached hydrogens (tertiary/aromatic N) is 8. The topological polar surface area (TPSA) is 318 Å². The van der Waals surface area contributed by atoms with Crippen LogP contribution in [0.5, 0.6) is 0 Å². The lowest BCUT2D eigenvalue weighted by Crippen LogP contribution is -2.12. The molecule has 0 saturated carbocycles. The largest absolute Gasteiger partial charge is 0.328 e. The molecule has 0 radical (unpaired) electrons. The maximum absolute atomic E-state index is 12.0. The van der Waals surface area contributed by atoms with Crippen LogP contribution in [0.15, 0.2) is 57.0 Å². The smallest absolute Gasteiger partial charge is 0.267 e. The highest BCUT2D eigenvalue weighted by molar-refractivity contribution is 7.87. The Kier molecular flexibility index (Phi) is 13.3. The molecular weight excluding hydrogens is 745 g/mol. The molecule has 0 bridgehead atoms. The van der Waals surface area contributed by atoms with E-state index in [1.54, 1.807) is 24.3 Å². The first-order chi connectivity index (χ1) is 23.2. The van der Waals surface area contributed by atoms with Crippen LogP contribution in [0.3, 0.4) is 0 Å². The van der Waals surface area contributed by atoms with Gasteiger partial charge >= 0.3 is 40.5 Å². The van der Waals surface area contributed by atoms with Crippen LogP contribution in [0.25, 0.3) is 11.1 Å². The van der Waals surface area contributed by atoms with E-state index in [2.05, 4.69) is 37.8 Å². The van der Waals surface area contributed by atoms with Crippen molar-refractivity contribution in [3.05, 3.63) is 58.7 Å². The summed E-state index contributed by atoms with van der Waals surface area (Å²) in [7, 11) is -17.1. The maximum Gasteiger partial charge on any atom is 0.328 e. The van der Waals surface area contributed by atoms with Gasteiger partial charge in [-0.2, -0.15) is 54.7 Å². The van der Waals surface area contributed by atoms with Crippen LogP contribution < -0.4 is 0 Å². The highest BCUT2D eigenvalue weighted by atomic mass is 32.2. The normalized spacial score (nSPS) is 13.2. The molecule has 0 aromatic heterocycles. The number of rotatable bonds is 15. The van der Waals surface area contributed by atoms with Gasteiger partial charge in [-0.15, -0.1) is 0 Å². The van der Waals surface area contributed by atoms with E-state index >= 15 is 0 Å². The summed E-state index contributed by atoms with van der Waals surface area (Å²) in [5.74, 6) is -1.11. The number of benzene rings is 2. The van der Waals surface area contributed by atoms with Crippen molar-refractivity contribution in [1.29, 1.82) is 21.0 Å². The summed E-state index contributed by atoms with van der Waals surface area (Å²) >= 11 is 0. The summed E-state index contributed by atoms with van der Waals surface area (Å²) in [5.41, 5.74) is -4.82. The second-order valence-electron chi connectivity index (χ2n) is 9.13. The fourth-order valence-corrected chi connectivity index (χ4v) is 4.35. The molecule has 2 aromatic carbocycles. The van der Waals surface area contributed by atoms with Gasteiger partial charge in [0.15, 0.2) is 22.8 Å². The summed E-state index contributed by atoms with van der Waals surface area (Å²) in [5, 5.41) is 53.0. The van der Waals surface area contributed by atoms with Crippen LogP contribution in [0.2, 0.25) is 0 Å². The molecule has 262 valence electrons. The number of hydrogen-bond donors (Lipinski definition) is 0. The SMILES string of the molecule is CCS(=O)(=O)O/N=C(\C#N)c1cccc(/C(C#N)=N\OS(=O)(=O)CC)c1-c1cc(/C(C#N)=N/OS(C)(=O)=O)cc(/C(C#N)=N\OS(C)(=O)=O)c1. The highest BCUT2D eigenvalue weighted by Gasteiger charge is 2.24. The van der Waals surface area contributed by atoms with Crippen LogP contribution in [0.1, 0.15) is 36.1 Å². The van der Waals surface area contributed by atoms with E-state index in [9.17, 15) is 54.7 Å². The lowest BCUT2D eigenvalue weighted by atomic mass is 9.87. The Hall–Kier alpha value is -5.92. The third-order valence-electron chi connectivity index (χ3n) is 5.49. The number of oxime groups is 4. The minimum atomic E-state index is -4.28. The third kappa shape index (κ3) is 11.6. The average molecular weight is 767 g/mol. The Morgan fingerprint density at radius 3 is 1.22 bits per heavy atom. The molecule has 0 aliphatic carbocycles. The van der Waals surface area contributed by atoms with Crippen molar-refractivity contribution in [3.63, 3.8) is 0 Å². The second-order valence-corrected chi connectivity index (χ2v) is 15.9. The third-order valence-corrected chi connectivity index (χ3v) is 8.19. The van der Waals surface area contributed by atoms with E-state index in [1.807, 2.05) is 0 Å². The predicted octanol–water partition coefficient (Wildman–Crippen LogP) is 0.949. The van der Waals surface area contributed by atoms with Gasteiger partial charge < -0.3 is 0 Å². The summed E-state index contributed by atoms with van der Waals surface area (Å²) in [6.07, 6.45) is 1.23. The minimum absolute atomic E-state index is 0.227. The Labute approximate surface area is 286 Å². The first-order valence-electron chi connectivity index (χ1n) is 13.1. The van der Waals surface area contributed by atoms with E-state index in [0.717, 1.165) is 18.2 Å². The van der Waals surface area contributed by atoms with E-state index < -0.39 is 74.8 Å². The van der Waals surface area contributed by atoms with Crippen LogP contribution in [0, 0.1) is 45.3 Å². The van der Waals surface area contributed by atoms with Crippen molar-refractivity contribution in [1.82, 2.24) is 0 Å². The van der Waals surface area contributed by atoms with Crippen LogP contribution in [-0.2, 0) is 57.6 Å². The van der Waals surface area contributed by atoms with Crippen molar-refractivity contribution in [2.75, 3.05) is 24.0 Å². The fraction of sp³-hybridized carbons (Fsp3) is 0.231. The van der Waals surface area contributed by atoms with Crippen molar-refractivity contribution in [2.45, 2.75) is 13.8 Å². The minimum Gasteiger partial charge on any atom is -0.267 e. The van der Waals surface area contributed by atoms with Crippen molar-refractivity contribution >= 4 is 63.3 Å². The number of nitriles is 4. The summed E-state index contributed by atoms with van der Waals surface area (Å²) in [6.45, 7) is 2.44. The first-order valence-corrected chi connectivity index (χ1v) is 19.8. The van der Waals surface area contributed by atoms with Gasteiger partial charge in [0, 0.05) is 27.8 Å². The molecule has 50 heavy (non-hydrogen) atoms. The van der Waals surface area contributed by atoms with Gasteiger partial charge in [-0.05, 0) is 37.6 Å². The van der Waals surface area contributed by atoms with Gasteiger partial charge in [-0.25, -0.2) is 0 Å². The molecule has 2 aromatic rings. The lowest BCUT2D eigenvalue weighted by Gasteiger charge is -2.15. The highest BCUT2D eigenvalue weighted by Crippen LogP contribution is 2.32. The van der Waals surface area contributed by atoms with Gasteiger partial charge in [0.05, 0.1) is 24.0 Å². The molecule has 0 saturated heterocycles. The molecule has 0 N–H and O–H groups in total. The molecule has 0 heterocycles. The molecule has 0 aliphatic rings. The molecule has 2 rings (SSSR count). The molecular formula is C26H22N8O12S4. The van der Waals surface area contributed by atoms with E-state index in [-0.39, 0.29) is 33.4 Å². The van der Waals surface area contributed by atoms with Crippen molar-refractivity contribution in [2.24, 2.45) is 20.6 Å². The fourth-order valence-electron chi connectivity index (χ4n) is 3.34. The van der Waals surface area contributed by atoms with Gasteiger partial charge in [-0.3, -0.25) is 17.1 Å². The average Bonchev–Trinajstić information content (AvgIpc) is 3.04. The summed E-state index contributed by atoms with van der Waals surface area (Å²) < 4.78 is 112. The zero-order valence-corrected chi connectivity index (χ0v) is 29.3. The predicted molar refractivity (Wildman–Crippen MR) is 173 cm³/mol. The standard InChI is InChI=1S/C26H22N8O12S4/c1-5-49(39,40)45-33-24(15-29)20-8-7-9-21(25(16-30)34-46-50(41,42)6-2)26(20)19-11-17(22(13-27)31-43-47(3,35)36)10-18(12-19)23(14-28)32-44-48(4,37)38/h7-12H,5-6H2,1-4H3/b31-22-,32-23+,33-24-,34-25+.